The number of hydrogen-bond acceptors (Lipinski definition) is 7. The van der Waals surface area contributed by atoms with Crippen molar-refractivity contribution in [1.29, 1.82) is 0 Å². The summed E-state index contributed by atoms with van der Waals surface area (Å²) < 4.78 is 32.4. The van der Waals surface area contributed by atoms with Crippen LogP contribution in [-0.2, 0) is 28.4 Å². The molecule has 0 aliphatic heterocycles. The van der Waals surface area contributed by atoms with Crippen LogP contribution in [0.5, 0.6) is 0 Å². The summed E-state index contributed by atoms with van der Waals surface area (Å²) in [4.78, 5) is 2.21. The largest absolute Gasteiger partial charge is 0.379 e. The van der Waals surface area contributed by atoms with Crippen LogP contribution in [0.1, 0.15) is 20.3 Å². The molecule has 0 saturated heterocycles. The van der Waals surface area contributed by atoms with E-state index >= 15 is 0 Å². The molecule has 0 aromatic heterocycles. The number of hydrogen-bond donors (Lipinski definition) is 0. The molecule has 0 radical (unpaired) electrons. The molecule has 0 aliphatic carbocycles. The fourth-order valence-corrected chi connectivity index (χ4v) is 1.72. The van der Waals surface area contributed by atoms with Crippen molar-refractivity contribution in [2.24, 2.45) is 0 Å². The Morgan fingerprint density at radius 2 is 0.800 bits per heavy atom. The standard InChI is InChI=1S/C18H39NO6/c1-4-7-20-9-11-22-13-15-24-17-18-25-16-14-23-12-10-21-8-6-19(3)5-2/h4-18H2,1-3H3. The van der Waals surface area contributed by atoms with Crippen molar-refractivity contribution in [2.45, 2.75) is 20.3 Å². The SMILES string of the molecule is CCCOCCOCCOCCOCCOCCOCCN(C)CC. The summed E-state index contributed by atoms with van der Waals surface area (Å²) in [6, 6.07) is 0. The minimum atomic E-state index is 0.572. The Kier molecular flexibility index (Phi) is 21.5. The Labute approximate surface area is 153 Å². The lowest BCUT2D eigenvalue weighted by atomic mass is 10.5. The van der Waals surface area contributed by atoms with E-state index in [1.165, 1.54) is 0 Å². The zero-order valence-electron chi connectivity index (χ0n) is 16.5. The van der Waals surface area contributed by atoms with Gasteiger partial charge in [0.15, 0.2) is 0 Å². The second kappa shape index (κ2) is 21.8. The molecule has 25 heavy (non-hydrogen) atoms. The first-order valence-electron chi connectivity index (χ1n) is 9.46. The van der Waals surface area contributed by atoms with Gasteiger partial charge >= 0.3 is 0 Å². The third-order valence-electron chi connectivity index (χ3n) is 3.37. The van der Waals surface area contributed by atoms with Crippen LogP contribution in [0.25, 0.3) is 0 Å². The van der Waals surface area contributed by atoms with Crippen LogP contribution in [0.15, 0.2) is 0 Å². The van der Waals surface area contributed by atoms with Gasteiger partial charge in [0.05, 0.1) is 72.7 Å². The summed E-state index contributed by atoms with van der Waals surface area (Å²) in [5, 5.41) is 0. The van der Waals surface area contributed by atoms with Crippen molar-refractivity contribution >= 4 is 0 Å². The smallest absolute Gasteiger partial charge is 0.0701 e. The number of rotatable bonds is 21. The molecule has 0 fully saturated rings. The van der Waals surface area contributed by atoms with E-state index in [-0.39, 0.29) is 0 Å². The van der Waals surface area contributed by atoms with Gasteiger partial charge in [0, 0.05) is 13.2 Å². The Morgan fingerprint density at radius 3 is 1.12 bits per heavy atom. The molecule has 0 saturated carbocycles. The van der Waals surface area contributed by atoms with E-state index in [9.17, 15) is 0 Å². The van der Waals surface area contributed by atoms with Gasteiger partial charge in [0.25, 0.3) is 0 Å². The zero-order chi connectivity index (χ0) is 18.4. The fourth-order valence-electron chi connectivity index (χ4n) is 1.72. The Morgan fingerprint density at radius 1 is 0.480 bits per heavy atom. The van der Waals surface area contributed by atoms with E-state index in [0.29, 0.717) is 66.1 Å². The molecule has 152 valence electrons. The Balaban J connectivity index is 2.98. The van der Waals surface area contributed by atoms with Gasteiger partial charge in [0.2, 0.25) is 0 Å². The highest BCUT2D eigenvalue weighted by molar-refractivity contribution is 4.45. The zero-order valence-corrected chi connectivity index (χ0v) is 16.5. The first-order valence-corrected chi connectivity index (χ1v) is 9.46. The summed E-state index contributed by atoms with van der Waals surface area (Å²) in [6.45, 7) is 13.7. The van der Waals surface area contributed by atoms with Crippen molar-refractivity contribution in [2.75, 3.05) is 99.4 Å². The van der Waals surface area contributed by atoms with Gasteiger partial charge in [-0.25, -0.2) is 0 Å². The van der Waals surface area contributed by atoms with Gasteiger partial charge in [-0.1, -0.05) is 13.8 Å². The van der Waals surface area contributed by atoms with Crippen LogP contribution >= 0.6 is 0 Å². The molecule has 0 rings (SSSR count). The van der Waals surface area contributed by atoms with Crippen molar-refractivity contribution < 1.29 is 28.4 Å². The highest BCUT2D eigenvalue weighted by Gasteiger charge is 1.95. The molecule has 0 unspecified atom stereocenters. The average molecular weight is 366 g/mol. The molecule has 7 nitrogen and oxygen atoms in total. The number of likely N-dealkylation sites (N-methyl/N-ethyl adjacent to an activating group) is 1. The van der Waals surface area contributed by atoms with Crippen molar-refractivity contribution in [3.8, 4) is 0 Å². The van der Waals surface area contributed by atoms with E-state index in [1.54, 1.807) is 0 Å². The molecule has 7 heteroatoms. The van der Waals surface area contributed by atoms with Gasteiger partial charge in [0.1, 0.15) is 0 Å². The lowest BCUT2D eigenvalue weighted by Gasteiger charge is -2.13. The average Bonchev–Trinajstić information content (AvgIpc) is 2.63. The predicted molar refractivity (Wildman–Crippen MR) is 98.4 cm³/mol. The molecule has 0 aliphatic rings. The molecule has 0 bridgehead atoms. The van der Waals surface area contributed by atoms with Gasteiger partial charge in [-0.15, -0.1) is 0 Å². The third kappa shape index (κ3) is 21.7. The molecule has 0 aromatic rings. The highest BCUT2D eigenvalue weighted by Crippen LogP contribution is 1.86. The first-order chi connectivity index (χ1) is 12.3. The van der Waals surface area contributed by atoms with Crippen LogP contribution in [0.3, 0.4) is 0 Å². The maximum Gasteiger partial charge on any atom is 0.0701 e. The van der Waals surface area contributed by atoms with E-state index in [2.05, 4.69) is 25.8 Å². The summed E-state index contributed by atoms with van der Waals surface area (Å²) >= 11 is 0. The lowest BCUT2D eigenvalue weighted by Crippen LogP contribution is -2.23. The molecule has 0 N–H and O–H groups in total. The van der Waals surface area contributed by atoms with Crippen LogP contribution in [0.2, 0.25) is 0 Å². The molecule has 0 heterocycles. The minimum Gasteiger partial charge on any atom is -0.379 e. The summed E-state index contributed by atoms with van der Waals surface area (Å²) in [5.41, 5.74) is 0. The number of nitrogens with zero attached hydrogens (tertiary/aromatic N) is 1. The summed E-state index contributed by atoms with van der Waals surface area (Å²) in [7, 11) is 2.08. The second-order valence-corrected chi connectivity index (χ2v) is 5.57. The van der Waals surface area contributed by atoms with Gasteiger partial charge in [-0.3, -0.25) is 0 Å². The second-order valence-electron chi connectivity index (χ2n) is 5.57. The maximum atomic E-state index is 5.48. The maximum absolute atomic E-state index is 5.48. The van der Waals surface area contributed by atoms with E-state index in [1.807, 2.05) is 0 Å². The van der Waals surface area contributed by atoms with Crippen molar-refractivity contribution in [3.05, 3.63) is 0 Å². The van der Waals surface area contributed by atoms with E-state index in [4.69, 9.17) is 28.4 Å². The van der Waals surface area contributed by atoms with Crippen LogP contribution < -0.4 is 0 Å². The van der Waals surface area contributed by atoms with Crippen molar-refractivity contribution in [1.82, 2.24) is 4.90 Å². The van der Waals surface area contributed by atoms with Crippen LogP contribution in [0.4, 0.5) is 0 Å². The van der Waals surface area contributed by atoms with Crippen molar-refractivity contribution in [3.63, 3.8) is 0 Å². The topological polar surface area (TPSA) is 58.6 Å². The minimum absolute atomic E-state index is 0.572. The van der Waals surface area contributed by atoms with E-state index < -0.39 is 0 Å². The first kappa shape index (κ1) is 24.7. The molecule has 0 atom stereocenters. The highest BCUT2D eigenvalue weighted by atomic mass is 16.6. The molecule has 0 spiro atoms. The summed E-state index contributed by atoms with van der Waals surface area (Å²) in [5.74, 6) is 0. The molecular formula is C18H39NO6. The monoisotopic (exact) mass is 365 g/mol. The van der Waals surface area contributed by atoms with Gasteiger partial charge in [-0.2, -0.15) is 0 Å². The number of ether oxygens (including phenoxy) is 6. The molecular weight excluding hydrogens is 326 g/mol. The molecule has 0 amide bonds. The Hall–Kier alpha value is -0.280. The molecule has 0 aromatic carbocycles. The fraction of sp³-hybridized carbons (Fsp3) is 1.00. The predicted octanol–water partition coefficient (Wildman–Crippen LogP) is 1.45. The summed E-state index contributed by atoms with van der Waals surface area (Å²) in [6.07, 6.45) is 1.04. The quantitative estimate of drug-likeness (QED) is 0.285. The van der Waals surface area contributed by atoms with Crippen LogP contribution in [0, 0.1) is 0 Å². The van der Waals surface area contributed by atoms with Gasteiger partial charge < -0.3 is 33.3 Å². The third-order valence-corrected chi connectivity index (χ3v) is 3.37. The van der Waals surface area contributed by atoms with E-state index in [0.717, 1.165) is 32.7 Å². The lowest BCUT2D eigenvalue weighted by molar-refractivity contribution is -0.0172. The van der Waals surface area contributed by atoms with Crippen LogP contribution in [-0.4, -0.2) is 104 Å². The normalized spacial score (nSPS) is 11.5. The van der Waals surface area contributed by atoms with Gasteiger partial charge in [-0.05, 0) is 20.0 Å². The Bertz CT molecular complexity index is 246.